The van der Waals surface area contributed by atoms with Crippen molar-refractivity contribution in [3.8, 4) is 0 Å². The first-order chi connectivity index (χ1) is 7.07. The van der Waals surface area contributed by atoms with E-state index < -0.39 is 0 Å². The van der Waals surface area contributed by atoms with Crippen molar-refractivity contribution < 1.29 is 4.74 Å². The van der Waals surface area contributed by atoms with E-state index in [0.717, 1.165) is 23.7 Å². The van der Waals surface area contributed by atoms with Crippen molar-refractivity contribution >= 4 is 22.4 Å². The van der Waals surface area contributed by atoms with Gasteiger partial charge in [0.1, 0.15) is 10.8 Å². The Kier molecular flexibility index (Phi) is 4.35. The van der Waals surface area contributed by atoms with Crippen LogP contribution < -0.4 is 10.6 Å². The number of nitrogen functional groups attached to an aromatic ring is 1. The summed E-state index contributed by atoms with van der Waals surface area (Å²) < 4.78 is 9.27. The van der Waals surface area contributed by atoms with E-state index >= 15 is 0 Å². The van der Waals surface area contributed by atoms with Crippen LogP contribution in [0, 0.1) is 6.92 Å². The summed E-state index contributed by atoms with van der Waals surface area (Å²) in [6.45, 7) is 7.92. The molecule has 0 saturated heterocycles. The van der Waals surface area contributed by atoms with Crippen LogP contribution >= 0.6 is 11.5 Å². The summed E-state index contributed by atoms with van der Waals surface area (Å²) in [5.74, 6) is 0.637. The highest BCUT2D eigenvalue weighted by Gasteiger charge is 2.16. The lowest BCUT2D eigenvalue weighted by Crippen LogP contribution is -2.33. The average Bonchev–Trinajstić information content (AvgIpc) is 2.50. The Morgan fingerprint density at radius 3 is 2.60 bits per heavy atom. The molecular weight excluding hydrogens is 210 g/mol. The van der Waals surface area contributed by atoms with Gasteiger partial charge in [0.25, 0.3) is 0 Å². The third-order valence-corrected chi connectivity index (χ3v) is 3.36. The Bertz CT molecular complexity index is 312. The zero-order valence-electron chi connectivity index (χ0n) is 9.78. The van der Waals surface area contributed by atoms with Crippen molar-refractivity contribution in [2.24, 2.45) is 0 Å². The predicted molar refractivity (Wildman–Crippen MR) is 65.6 cm³/mol. The first kappa shape index (κ1) is 12.3. The number of hydrogen-bond acceptors (Lipinski definition) is 5. The number of nitrogens with zero attached hydrogens (tertiary/aromatic N) is 2. The van der Waals surface area contributed by atoms with Crippen molar-refractivity contribution in [2.75, 3.05) is 30.9 Å². The minimum atomic E-state index is 0.429. The summed E-state index contributed by atoms with van der Waals surface area (Å²) in [6, 6.07) is 0.429. The van der Waals surface area contributed by atoms with Crippen LogP contribution in [-0.4, -0.2) is 30.7 Å². The Hall–Kier alpha value is -0.810. The smallest absolute Gasteiger partial charge is 0.142 e. The molecule has 86 valence electrons. The number of ether oxygens (including phenoxy) is 1. The second-order valence-electron chi connectivity index (χ2n) is 3.78. The van der Waals surface area contributed by atoms with Crippen LogP contribution in [0.2, 0.25) is 0 Å². The first-order valence-electron chi connectivity index (χ1n) is 5.05. The third kappa shape index (κ3) is 2.82. The highest BCUT2D eigenvalue weighted by atomic mass is 32.1. The van der Waals surface area contributed by atoms with Crippen LogP contribution in [0.3, 0.4) is 0 Å². The molecule has 1 rings (SSSR count). The Morgan fingerprint density at radius 2 is 2.20 bits per heavy atom. The SMILES string of the molecule is COCCN(c1snc(N)c1C)C(C)C. The van der Waals surface area contributed by atoms with Crippen LogP contribution in [0.4, 0.5) is 10.8 Å². The zero-order valence-corrected chi connectivity index (χ0v) is 10.6. The van der Waals surface area contributed by atoms with Crippen molar-refractivity contribution in [2.45, 2.75) is 26.8 Å². The third-order valence-electron chi connectivity index (χ3n) is 2.36. The molecule has 5 heteroatoms. The molecule has 1 aromatic heterocycles. The summed E-state index contributed by atoms with van der Waals surface area (Å²) in [7, 11) is 1.71. The number of nitrogens with two attached hydrogens (primary N) is 1. The van der Waals surface area contributed by atoms with E-state index in [-0.39, 0.29) is 0 Å². The van der Waals surface area contributed by atoms with Crippen LogP contribution in [-0.2, 0) is 4.74 Å². The van der Waals surface area contributed by atoms with Gasteiger partial charge in [-0.05, 0) is 32.3 Å². The molecule has 4 nitrogen and oxygen atoms in total. The molecule has 1 aromatic rings. The second-order valence-corrected chi connectivity index (χ2v) is 4.53. The fourth-order valence-corrected chi connectivity index (χ4v) is 2.36. The van der Waals surface area contributed by atoms with E-state index in [1.54, 1.807) is 7.11 Å². The van der Waals surface area contributed by atoms with E-state index in [1.165, 1.54) is 11.5 Å². The van der Waals surface area contributed by atoms with Gasteiger partial charge >= 0.3 is 0 Å². The molecule has 0 aromatic carbocycles. The molecule has 0 aliphatic heterocycles. The summed E-state index contributed by atoms with van der Waals surface area (Å²) in [6.07, 6.45) is 0. The topological polar surface area (TPSA) is 51.4 Å². The average molecular weight is 229 g/mol. The minimum Gasteiger partial charge on any atom is -0.383 e. The predicted octanol–water partition coefficient (Wildman–Crippen LogP) is 1.89. The molecule has 0 fully saturated rings. The molecular formula is C10H19N3OS. The number of hydrogen-bond donors (Lipinski definition) is 1. The molecule has 0 atom stereocenters. The number of methoxy groups -OCH3 is 1. The molecule has 0 unspecified atom stereocenters. The molecule has 1 heterocycles. The van der Waals surface area contributed by atoms with Crippen molar-refractivity contribution in [1.82, 2.24) is 4.37 Å². The molecule has 2 N–H and O–H groups in total. The van der Waals surface area contributed by atoms with Gasteiger partial charge < -0.3 is 15.4 Å². The van der Waals surface area contributed by atoms with E-state index in [0.29, 0.717) is 11.9 Å². The van der Waals surface area contributed by atoms with Gasteiger partial charge in [-0.1, -0.05) is 0 Å². The molecule has 0 radical (unpaired) electrons. The highest BCUT2D eigenvalue weighted by molar-refractivity contribution is 7.10. The second kappa shape index (κ2) is 5.32. The zero-order chi connectivity index (χ0) is 11.4. The van der Waals surface area contributed by atoms with E-state index in [2.05, 4.69) is 23.1 Å². The molecule has 15 heavy (non-hydrogen) atoms. The largest absolute Gasteiger partial charge is 0.383 e. The lowest BCUT2D eigenvalue weighted by molar-refractivity contribution is 0.204. The van der Waals surface area contributed by atoms with Crippen molar-refractivity contribution in [3.63, 3.8) is 0 Å². The maximum absolute atomic E-state index is 5.75. The van der Waals surface area contributed by atoms with Gasteiger partial charge in [0.15, 0.2) is 0 Å². The summed E-state index contributed by atoms with van der Waals surface area (Å²) in [5.41, 5.74) is 6.82. The lowest BCUT2D eigenvalue weighted by Gasteiger charge is -2.27. The summed E-state index contributed by atoms with van der Waals surface area (Å²) in [5, 5.41) is 1.15. The van der Waals surface area contributed by atoms with Gasteiger partial charge in [-0.3, -0.25) is 0 Å². The maximum atomic E-state index is 5.75. The lowest BCUT2D eigenvalue weighted by atomic mass is 10.2. The minimum absolute atomic E-state index is 0.429. The van der Waals surface area contributed by atoms with Crippen LogP contribution in [0.5, 0.6) is 0 Å². The number of anilines is 2. The molecule has 0 amide bonds. The van der Waals surface area contributed by atoms with E-state index in [9.17, 15) is 0 Å². The highest BCUT2D eigenvalue weighted by Crippen LogP contribution is 2.30. The van der Waals surface area contributed by atoms with Crippen LogP contribution in [0.15, 0.2) is 0 Å². The Labute approximate surface area is 95.2 Å². The standard InChI is InChI=1S/C10H19N3OS/c1-7(2)13(5-6-14-4)10-8(3)9(11)12-15-10/h7H,5-6H2,1-4H3,(H2,11,12). The Balaban J connectivity index is 2.84. The van der Waals surface area contributed by atoms with Crippen molar-refractivity contribution in [3.05, 3.63) is 5.56 Å². The van der Waals surface area contributed by atoms with Gasteiger partial charge in [-0.15, -0.1) is 0 Å². The van der Waals surface area contributed by atoms with E-state index in [4.69, 9.17) is 10.5 Å². The molecule has 0 bridgehead atoms. The first-order valence-corrected chi connectivity index (χ1v) is 5.82. The molecule has 0 aliphatic rings. The summed E-state index contributed by atoms with van der Waals surface area (Å²) in [4.78, 5) is 2.27. The van der Waals surface area contributed by atoms with Gasteiger partial charge in [0.05, 0.1) is 6.61 Å². The van der Waals surface area contributed by atoms with Gasteiger partial charge in [-0.2, -0.15) is 4.37 Å². The van der Waals surface area contributed by atoms with Gasteiger partial charge in [0, 0.05) is 25.3 Å². The molecule has 0 aliphatic carbocycles. The number of aromatic nitrogens is 1. The number of rotatable bonds is 5. The fourth-order valence-electron chi connectivity index (χ4n) is 1.39. The quantitative estimate of drug-likeness (QED) is 0.837. The van der Waals surface area contributed by atoms with Crippen molar-refractivity contribution in [1.29, 1.82) is 0 Å². The van der Waals surface area contributed by atoms with E-state index in [1.807, 2.05) is 6.92 Å². The maximum Gasteiger partial charge on any atom is 0.142 e. The van der Waals surface area contributed by atoms with Gasteiger partial charge in [-0.25, -0.2) is 0 Å². The normalized spacial score (nSPS) is 11.0. The molecule has 0 saturated carbocycles. The van der Waals surface area contributed by atoms with Gasteiger partial charge in [0.2, 0.25) is 0 Å². The molecule has 0 spiro atoms. The van der Waals surface area contributed by atoms with Crippen LogP contribution in [0.1, 0.15) is 19.4 Å². The van der Waals surface area contributed by atoms with Crippen LogP contribution in [0.25, 0.3) is 0 Å². The Morgan fingerprint density at radius 1 is 1.53 bits per heavy atom. The summed E-state index contributed by atoms with van der Waals surface area (Å²) >= 11 is 1.46. The monoisotopic (exact) mass is 229 g/mol. The fraction of sp³-hybridized carbons (Fsp3) is 0.700.